The van der Waals surface area contributed by atoms with Crippen LogP contribution in [0.5, 0.6) is 0 Å². The number of morpholine rings is 1. The van der Waals surface area contributed by atoms with Crippen molar-refractivity contribution in [3.05, 3.63) is 20.8 Å². The molecule has 2 heterocycles. The number of carbonyl (C=O) groups is 1. The van der Waals surface area contributed by atoms with Gasteiger partial charge in [-0.15, -0.1) is 11.3 Å². The fraction of sp³-hybridized carbons (Fsp3) is 0.545. The van der Waals surface area contributed by atoms with Gasteiger partial charge in [0.15, 0.2) is 0 Å². The van der Waals surface area contributed by atoms with Gasteiger partial charge in [-0.05, 0) is 22.0 Å². The van der Waals surface area contributed by atoms with Gasteiger partial charge in [-0.3, -0.25) is 9.69 Å². The van der Waals surface area contributed by atoms with Crippen molar-refractivity contribution in [1.82, 2.24) is 4.90 Å². The number of rotatable bonds is 4. The predicted molar refractivity (Wildman–Crippen MR) is 69.7 cm³/mol. The summed E-state index contributed by atoms with van der Waals surface area (Å²) in [5.74, 6) is -1.20. The number of thiophene rings is 1. The van der Waals surface area contributed by atoms with E-state index in [0.717, 1.165) is 22.4 Å². The van der Waals surface area contributed by atoms with Crippen molar-refractivity contribution in [1.29, 1.82) is 0 Å². The van der Waals surface area contributed by atoms with E-state index in [0.29, 0.717) is 19.8 Å². The molecule has 1 aliphatic rings. The molecular formula is C11H14BrNO3S. The van der Waals surface area contributed by atoms with E-state index in [1.807, 2.05) is 11.4 Å². The Hall–Kier alpha value is -0.430. The molecular weight excluding hydrogens is 306 g/mol. The van der Waals surface area contributed by atoms with Gasteiger partial charge in [-0.2, -0.15) is 0 Å². The van der Waals surface area contributed by atoms with Crippen molar-refractivity contribution in [2.24, 2.45) is 0 Å². The highest BCUT2D eigenvalue weighted by Crippen LogP contribution is 2.28. The summed E-state index contributed by atoms with van der Waals surface area (Å²) in [6.07, 6.45) is 0. The van der Waals surface area contributed by atoms with Gasteiger partial charge in [0.1, 0.15) is 5.92 Å². The first-order chi connectivity index (χ1) is 8.16. The van der Waals surface area contributed by atoms with Crippen LogP contribution < -0.4 is 0 Å². The van der Waals surface area contributed by atoms with E-state index < -0.39 is 11.9 Å². The molecule has 1 aromatic heterocycles. The SMILES string of the molecule is O=C(O)C(CN1CCOCC1)c1cc(Br)cs1. The normalized spacial score (nSPS) is 19.1. The van der Waals surface area contributed by atoms with E-state index in [-0.39, 0.29) is 0 Å². The second kappa shape index (κ2) is 5.95. The first-order valence-electron chi connectivity index (χ1n) is 5.43. The summed E-state index contributed by atoms with van der Waals surface area (Å²) in [5.41, 5.74) is 0. The summed E-state index contributed by atoms with van der Waals surface area (Å²) in [4.78, 5) is 14.4. The summed E-state index contributed by atoms with van der Waals surface area (Å²) in [6, 6.07) is 1.89. The minimum absolute atomic E-state index is 0.440. The van der Waals surface area contributed by atoms with Crippen LogP contribution in [-0.4, -0.2) is 48.8 Å². The van der Waals surface area contributed by atoms with E-state index >= 15 is 0 Å². The largest absolute Gasteiger partial charge is 0.481 e. The first kappa shape index (κ1) is 13.0. The number of hydrogen-bond acceptors (Lipinski definition) is 4. The lowest BCUT2D eigenvalue weighted by Crippen LogP contribution is -2.40. The Morgan fingerprint density at radius 1 is 1.59 bits per heavy atom. The van der Waals surface area contributed by atoms with E-state index in [4.69, 9.17) is 4.74 Å². The molecule has 1 unspecified atom stereocenters. The standard InChI is InChI=1S/C11H14BrNO3S/c12-8-5-10(17-7-8)9(11(14)15)6-13-1-3-16-4-2-13/h5,7,9H,1-4,6H2,(H,14,15). The van der Waals surface area contributed by atoms with Crippen molar-refractivity contribution in [3.8, 4) is 0 Å². The van der Waals surface area contributed by atoms with Crippen LogP contribution in [0.25, 0.3) is 0 Å². The highest BCUT2D eigenvalue weighted by Gasteiger charge is 2.25. The van der Waals surface area contributed by atoms with Crippen LogP contribution in [0.1, 0.15) is 10.8 Å². The summed E-state index contributed by atoms with van der Waals surface area (Å²) in [7, 11) is 0. The van der Waals surface area contributed by atoms with Crippen LogP contribution in [0.4, 0.5) is 0 Å². The molecule has 0 saturated carbocycles. The lowest BCUT2D eigenvalue weighted by molar-refractivity contribution is -0.139. The number of nitrogens with zero attached hydrogens (tertiary/aromatic N) is 1. The van der Waals surface area contributed by atoms with Crippen LogP contribution in [-0.2, 0) is 9.53 Å². The third-order valence-electron chi connectivity index (χ3n) is 2.77. The Morgan fingerprint density at radius 2 is 2.29 bits per heavy atom. The monoisotopic (exact) mass is 319 g/mol. The van der Waals surface area contributed by atoms with Gasteiger partial charge in [0, 0.05) is 34.4 Å². The molecule has 0 aromatic carbocycles. The Labute approximate surface area is 112 Å². The van der Waals surface area contributed by atoms with Crippen molar-refractivity contribution >= 4 is 33.2 Å². The van der Waals surface area contributed by atoms with Crippen molar-refractivity contribution < 1.29 is 14.6 Å². The molecule has 0 amide bonds. The number of carboxylic acid groups (broad SMARTS) is 1. The van der Waals surface area contributed by atoms with Crippen molar-refractivity contribution in [3.63, 3.8) is 0 Å². The third-order valence-corrected chi connectivity index (χ3v) is 4.58. The molecule has 0 spiro atoms. The molecule has 94 valence electrons. The first-order valence-corrected chi connectivity index (χ1v) is 7.11. The molecule has 0 aliphatic carbocycles. The smallest absolute Gasteiger partial charge is 0.313 e. The summed E-state index contributed by atoms with van der Waals surface area (Å²) in [6.45, 7) is 3.58. The van der Waals surface area contributed by atoms with Crippen LogP contribution in [0, 0.1) is 0 Å². The van der Waals surface area contributed by atoms with Gasteiger partial charge < -0.3 is 9.84 Å². The van der Waals surface area contributed by atoms with Gasteiger partial charge in [-0.1, -0.05) is 0 Å². The van der Waals surface area contributed by atoms with Gasteiger partial charge in [0.2, 0.25) is 0 Å². The van der Waals surface area contributed by atoms with Gasteiger partial charge in [0.25, 0.3) is 0 Å². The maximum absolute atomic E-state index is 11.3. The third kappa shape index (κ3) is 3.51. The van der Waals surface area contributed by atoms with Gasteiger partial charge in [-0.25, -0.2) is 0 Å². The molecule has 1 atom stereocenters. The van der Waals surface area contributed by atoms with Gasteiger partial charge in [0.05, 0.1) is 13.2 Å². The Morgan fingerprint density at radius 3 is 2.82 bits per heavy atom. The average molecular weight is 320 g/mol. The van der Waals surface area contributed by atoms with Crippen molar-refractivity contribution in [2.75, 3.05) is 32.8 Å². The molecule has 1 fully saturated rings. The molecule has 1 aliphatic heterocycles. The lowest BCUT2D eigenvalue weighted by Gasteiger charge is -2.28. The minimum atomic E-state index is -0.758. The zero-order valence-electron chi connectivity index (χ0n) is 9.26. The summed E-state index contributed by atoms with van der Waals surface area (Å²) < 4.78 is 6.21. The summed E-state index contributed by atoms with van der Waals surface area (Å²) in [5, 5.41) is 11.2. The maximum Gasteiger partial charge on any atom is 0.313 e. The van der Waals surface area contributed by atoms with Crippen LogP contribution in [0.3, 0.4) is 0 Å². The Kier molecular flexibility index (Phi) is 4.55. The zero-order chi connectivity index (χ0) is 12.3. The number of carboxylic acids is 1. The Bertz CT molecular complexity index is 390. The molecule has 6 heteroatoms. The predicted octanol–water partition coefficient (Wildman–Crippen LogP) is 2.01. The van der Waals surface area contributed by atoms with Crippen LogP contribution in [0.2, 0.25) is 0 Å². The minimum Gasteiger partial charge on any atom is -0.481 e. The fourth-order valence-electron chi connectivity index (χ4n) is 1.84. The quantitative estimate of drug-likeness (QED) is 0.922. The van der Waals surface area contributed by atoms with Crippen molar-refractivity contribution in [2.45, 2.75) is 5.92 Å². The van der Waals surface area contributed by atoms with Crippen LogP contribution >= 0.6 is 27.3 Å². The van der Waals surface area contributed by atoms with Gasteiger partial charge >= 0.3 is 5.97 Å². The molecule has 1 saturated heterocycles. The highest BCUT2D eigenvalue weighted by atomic mass is 79.9. The molecule has 1 aromatic rings. The lowest BCUT2D eigenvalue weighted by atomic mass is 10.1. The molecule has 0 bridgehead atoms. The highest BCUT2D eigenvalue weighted by molar-refractivity contribution is 9.10. The zero-order valence-corrected chi connectivity index (χ0v) is 11.7. The van der Waals surface area contributed by atoms with E-state index in [1.165, 1.54) is 11.3 Å². The molecule has 0 radical (unpaired) electrons. The molecule has 17 heavy (non-hydrogen) atoms. The number of hydrogen-bond donors (Lipinski definition) is 1. The average Bonchev–Trinajstić information content (AvgIpc) is 2.73. The van der Waals surface area contributed by atoms with E-state index in [2.05, 4.69) is 20.8 Å². The molecule has 1 N–H and O–H groups in total. The summed E-state index contributed by atoms with van der Waals surface area (Å²) >= 11 is 4.85. The van der Waals surface area contributed by atoms with E-state index in [1.54, 1.807) is 0 Å². The fourth-order valence-corrected chi connectivity index (χ4v) is 3.37. The molecule has 4 nitrogen and oxygen atoms in total. The topological polar surface area (TPSA) is 49.8 Å². The number of halogens is 1. The van der Waals surface area contributed by atoms with Crippen LogP contribution in [0.15, 0.2) is 15.9 Å². The maximum atomic E-state index is 11.3. The number of aliphatic carboxylic acids is 1. The molecule has 2 rings (SSSR count). The number of ether oxygens (including phenoxy) is 1. The second-order valence-corrected chi connectivity index (χ2v) is 5.83. The van der Waals surface area contributed by atoms with E-state index in [9.17, 15) is 9.90 Å². The second-order valence-electron chi connectivity index (χ2n) is 3.97. The Balaban J connectivity index is 2.04.